The molecule has 0 bridgehead atoms. The van der Waals surface area contributed by atoms with Crippen molar-refractivity contribution in [2.75, 3.05) is 13.7 Å². The predicted molar refractivity (Wildman–Crippen MR) is 52.9 cm³/mol. The molecule has 2 nitrogen and oxygen atoms in total. The number of benzene rings is 1. The molecule has 0 aromatic heterocycles. The topological polar surface area (TPSA) is 35.2 Å². The van der Waals surface area contributed by atoms with Crippen LogP contribution in [0.15, 0.2) is 18.2 Å². The van der Waals surface area contributed by atoms with Gasteiger partial charge in [-0.2, -0.15) is 0 Å². The van der Waals surface area contributed by atoms with Gasteiger partial charge in [0.1, 0.15) is 5.75 Å². The predicted octanol–water partition coefficient (Wildman–Crippen LogP) is 1.37. The Balaban J connectivity index is 2.25. The van der Waals surface area contributed by atoms with Crippen molar-refractivity contribution in [3.05, 3.63) is 29.3 Å². The summed E-state index contributed by atoms with van der Waals surface area (Å²) < 4.78 is 5.18. The molecule has 1 atom stereocenters. The van der Waals surface area contributed by atoms with Crippen LogP contribution in [0.25, 0.3) is 0 Å². The molecule has 1 aliphatic carbocycles. The van der Waals surface area contributed by atoms with E-state index in [0.29, 0.717) is 5.92 Å². The van der Waals surface area contributed by atoms with Crippen molar-refractivity contribution < 1.29 is 4.74 Å². The lowest BCUT2D eigenvalue weighted by Crippen LogP contribution is -2.13. The van der Waals surface area contributed by atoms with Gasteiger partial charge in [0, 0.05) is 0 Å². The van der Waals surface area contributed by atoms with Crippen LogP contribution in [-0.2, 0) is 12.8 Å². The second kappa shape index (κ2) is 3.38. The van der Waals surface area contributed by atoms with Crippen LogP contribution < -0.4 is 10.5 Å². The van der Waals surface area contributed by atoms with Gasteiger partial charge in [0.05, 0.1) is 7.11 Å². The highest BCUT2D eigenvalue weighted by atomic mass is 16.5. The van der Waals surface area contributed by atoms with E-state index in [2.05, 4.69) is 12.1 Å². The van der Waals surface area contributed by atoms with Crippen LogP contribution in [0.3, 0.4) is 0 Å². The molecule has 1 aromatic rings. The van der Waals surface area contributed by atoms with Crippen LogP contribution in [-0.4, -0.2) is 13.7 Å². The van der Waals surface area contributed by atoms with Crippen molar-refractivity contribution in [3.8, 4) is 5.75 Å². The molecule has 1 aromatic carbocycles. The van der Waals surface area contributed by atoms with E-state index in [9.17, 15) is 0 Å². The van der Waals surface area contributed by atoms with Gasteiger partial charge in [-0.3, -0.25) is 0 Å². The Bertz CT molecular complexity index is 309. The average Bonchev–Trinajstić information content (AvgIpc) is 2.58. The third-order valence-corrected chi connectivity index (χ3v) is 2.76. The summed E-state index contributed by atoms with van der Waals surface area (Å²) in [5.74, 6) is 1.60. The first kappa shape index (κ1) is 8.57. The third-order valence-electron chi connectivity index (χ3n) is 2.76. The minimum absolute atomic E-state index is 0.641. The van der Waals surface area contributed by atoms with Crippen molar-refractivity contribution in [2.24, 2.45) is 11.7 Å². The molecule has 0 aliphatic heterocycles. The van der Waals surface area contributed by atoms with Crippen molar-refractivity contribution >= 4 is 0 Å². The second-order valence-corrected chi connectivity index (χ2v) is 3.64. The molecule has 2 N–H and O–H groups in total. The van der Waals surface area contributed by atoms with Crippen LogP contribution >= 0.6 is 0 Å². The molecule has 70 valence electrons. The van der Waals surface area contributed by atoms with E-state index >= 15 is 0 Å². The maximum absolute atomic E-state index is 5.65. The zero-order chi connectivity index (χ0) is 9.26. The Labute approximate surface area is 78.7 Å². The second-order valence-electron chi connectivity index (χ2n) is 3.64. The quantitative estimate of drug-likeness (QED) is 0.740. The minimum atomic E-state index is 0.641. The highest BCUT2D eigenvalue weighted by Gasteiger charge is 2.20. The standard InChI is InChI=1S/C11H15NO/c1-13-11-3-2-9-4-8(7-12)5-10(9)6-11/h2-3,6,8H,4-5,7,12H2,1H3. The average molecular weight is 177 g/mol. The maximum atomic E-state index is 5.65. The number of nitrogens with two attached hydrogens (primary N) is 1. The lowest BCUT2D eigenvalue weighted by atomic mass is 10.1. The van der Waals surface area contributed by atoms with Gasteiger partial charge in [0.15, 0.2) is 0 Å². The normalized spacial score (nSPS) is 20.0. The fourth-order valence-corrected chi connectivity index (χ4v) is 1.98. The van der Waals surface area contributed by atoms with Crippen molar-refractivity contribution in [1.82, 2.24) is 0 Å². The lowest BCUT2D eigenvalue weighted by Gasteiger charge is -2.02. The first-order valence-corrected chi connectivity index (χ1v) is 4.69. The highest BCUT2D eigenvalue weighted by molar-refractivity contribution is 5.39. The van der Waals surface area contributed by atoms with E-state index in [0.717, 1.165) is 25.1 Å². The van der Waals surface area contributed by atoms with E-state index in [1.165, 1.54) is 11.1 Å². The van der Waals surface area contributed by atoms with Gasteiger partial charge in [-0.05, 0) is 48.6 Å². The van der Waals surface area contributed by atoms with Gasteiger partial charge in [-0.1, -0.05) is 6.07 Å². The van der Waals surface area contributed by atoms with E-state index < -0.39 is 0 Å². The Morgan fingerprint density at radius 1 is 1.38 bits per heavy atom. The Kier molecular flexibility index (Phi) is 2.23. The van der Waals surface area contributed by atoms with E-state index in [-0.39, 0.29) is 0 Å². The molecule has 0 spiro atoms. The molecule has 0 radical (unpaired) electrons. The number of hydrogen-bond acceptors (Lipinski definition) is 2. The van der Waals surface area contributed by atoms with Crippen LogP contribution in [0.5, 0.6) is 5.75 Å². The summed E-state index contributed by atoms with van der Waals surface area (Å²) in [4.78, 5) is 0. The highest BCUT2D eigenvalue weighted by Crippen LogP contribution is 2.29. The smallest absolute Gasteiger partial charge is 0.119 e. The summed E-state index contributed by atoms with van der Waals surface area (Å²) in [5, 5.41) is 0. The van der Waals surface area contributed by atoms with Crippen molar-refractivity contribution in [2.45, 2.75) is 12.8 Å². The number of hydrogen-bond donors (Lipinski definition) is 1. The van der Waals surface area contributed by atoms with Crippen LogP contribution in [0.4, 0.5) is 0 Å². The van der Waals surface area contributed by atoms with Crippen LogP contribution in [0, 0.1) is 5.92 Å². The fraction of sp³-hybridized carbons (Fsp3) is 0.455. The molecule has 13 heavy (non-hydrogen) atoms. The van der Waals surface area contributed by atoms with E-state index in [1.807, 2.05) is 6.07 Å². The third kappa shape index (κ3) is 1.54. The zero-order valence-corrected chi connectivity index (χ0v) is 7.92. The first-order valence-electron chi connectivity index (χ1n) is 4.69. The lowest BCUT2D eigenvalue weighted by molar-refractivity contribution is 0.414. The number of fused-ring (bicyclic) bond motifs is 1. The summed E-state index contributed by atoms with van der Waals surface area (Å²) in [5.41, 5.74) is 8.51. The van der Waals surface area contributed by atoms with Crippen LogP contribution in [0.2, 0.25) is 0 Å². The first-order chi connectivity index (χ1) is 6.33. The Hall–Kier alpha value is -1.02. The van der Waals surface area contributed by atoms with Gasteiger partial charge in [0.25, 0.3) is 0 Å². The van der Waals surface area contributed by atoms with Gasteiger partial charge < -0.3 is 10.5 Å². The molecule has 0 amide bonds. The summed E-state index contributed by atoms with van der Waals surface area (Å²) in [6, 6.07) is 6.31. The Morgan fingerprint density at radius 2 is 2.15 bits per heavy atom. The van der Waals surface area contributed by atoms with Gasteiger partial charge in [-0.15, -0.1) is 0 Å². The molecule has 0 fully saturated rings. The number of rotatable bonds is 2. The molecular formula is C11H15NO. The summed E-state index contributed by atoms with van der Waals surface area (Å²) in [7, 11) is 1.71. The van der Waals surface area contributed by atoms with E-state index in [4.69, 9.17) is 10.5 Å². The number of ether oxygens (including phenoxy) is 1. The summed E-state index contributed by atoms with van der Waals surface area (Å²) in [6.45, 7) is 0.789. The molecule has 1 aliphatic rings. The zero-order valence-electron chi connectivity index (χ0n) is 7.92. The van der Waals surface area contributed by atoms with Gasteiger partial charge >= 0.3 is 0 Å². The molecule has 1 unspecified atom stereocenters. The van der Waals surface area contributed by atoms with Gasteiger partial charge in [0.2, 0.25) is 0 Å². The van der Waals surface area contributed by atoms with Gasteiger partial charge in [-0.25, -0.2) is 0 Å². The maximum Gasteiger partial charge on any atom is 0.119 e. The molecule has 0 saturated heterocycles. The summed E-state index contributed by atoms with van der Waals surface area (Å²) in [6.07, 6.45) is 2.25. The molecule has 2 heteroatoms. The molecular weight excluding hydrogens is 162 g/mol. The largest absolute Gasteiger partial charge is 0.497 e. The number of methoxy groups -OCH3 is 1. The monoisotopic (exact) mass is 177 g/mol. The Morgan fingerprint density at radius 3 is 2.85 bits per heavy atom. The molecule has 0 saturated carbocycles. The van der Waals surface area contributed by atoms with E-state index in [1.54, 1.807) is 7.11 Å². The molecule has 0 heterocycles. The van der Waals surface area contributed by atoms with Crippen molar-refractivity contribution in [3.63, 3.8) is 0 Å². The van der Waals surface area contributed by atoms with Crippen LogP contribution in [0.1, 0.15) is 11.1 Å². The SMILES string of the molecule is COc1ccc2c(c1)CC(CN)C2. The molecule has 2 rings (SSSR count). The fourth-order valence-electron chi connectivity index (χ4n) is 1.98. The van der Waals surface area contributed by atoms with Crippen molar-refractivity contribution in [1.29, 1.82) is 0 Å². The summed E-state index contributed by atoms with van der Waals surface area (Å²) >= 11 is 0. The minimum Gasteiger partial charge on any atom is -0.497 e.